The highest BCUT2D eigenvalue weighted by Crippen LogP contribution is 2.50. The first-order chi connectivity index (χ1) is 5.62. The minimum absolute atomic E-state index is 0.00505. The zero-order valence-electron chi connectivity index (χ0n) is 8.10. The molecule has 0 aromatic rings. The molecule has 0 heterocycles. The smallest absolute Gasteiger partial charge is 0.139 e. The molecular weight excluding hydrogens is 148 g/mol. The Balaban J connectivity index is 2.22. The molecule has 2 fully saturated rings. The van der Waals surface area contributed by atoms with E-state index in [-0.39, 0.29) is 5.41 Å². The molecule has 0 N–H and O–H groups in total. The second-order valence-electron chi connectivity index (χ2n) is 5.00. The molecule has 0 radical (unpaired) electrons. The molecule has 12 heavy (non-hydrogen) atoms. The molecule has 0 bridgehead atoms. The third kappa shape index (κ3) is 1.02. The van der Waals surface area contributed by atoms with Crippen molar-refractivity contribution in [2.24, 2.45) is 17.3 Å². The van der Waals surface area contributed by atoms with Gasteiger partial charge in [-0.05, 0) is 24.7 Å². The van der Waals surface area contributed by atoms with Crippen LogP contribution in [0.1, 0.15) is 46.0 Å². The lowest BCUT2D eigenvalue weighted by molar-refractivity contribution is -0.125. The van der Waals surface area contributed by atoms with Gasteiger partial charge in [-0.2, -0.15) is 0 Å². The van der Waals surface area contributed by atoms with Crippen LogP contribution in [-0.4, -0.2) is 5.78 Å². The van der Waals surface area contributed by atoms with Gasteiger partial charge in [0.2, 0.25) is 0 Å². The van der Waals surface area contributed by atoms with Crippen molar-refractivity contribution in [3.05, 3.63) is 0 Å². The van der Waals surface area contributed by atoms with Crippen LogP contribution in [0.5, 0.6) is 0 Å². The van der Waals surface area contributed by atoms with E-state index < -0.39 is 0 Å². The molecule has 68 valence electrons. The molecule has 2 saturated carbocycles. The first-order valence-electron chi connectivity index (χ1n) is 5.15. The highest BCUT2D eigenvalue weighted by molar-refractivity contribution is 5.87. The Morgan fingerprint density at radius 1 is 1.25 bits per heavy atom. The summed E-state index contributed by atoms with van der Waals surface area (Å²) in [6.07, 6.45) is 6.17. The van der Waals surface area contributed by atoms with Crippen LogP contribution >= 0.6 is 0 Å². The summed E-state index contributed by atoms with van der Waals surface area (Å²) >= 11 is 0. The van der Waals surface area contributed by atoms with Crippen LogP contribution < -0.4 is 0 Å². The number of ketones is 1. The standard InChI is InChI=1S/C11H18O/c1-11(2)9-6-4-3-5-8(9)7-10(11)12/h8-9H,3-7H2,1-2H3. The Hall–Kier alpha value is -0.330. The van der Waals surface area contributed by atoms with E-state index in [2.05, 4.69) is 13.8 Å². The fourth-order valence-corrected chi connectivity index (χ4v) is 3.11. The molecule has 2 aliphatic carbocycles. The summed E-state index contributed by atoms with van der Waals surface area (Å²) in [7, 11) is 0. The number of hydrogen-bond acceptors (Lipinski definition) is 1. The molecule has 0 aromatic carbocycles. The average molecular weight is 166 g/mol. The second kappa shape index (κ2) is 2.58. The van der Waals surface area contributed by atoms with Crippen LogP contribution in [0.2, 0.25) is 0 Å². The Morgan fingerprint density at radius 3 is 2.58 bits per heavy atom. The van der Waals surface area contributed by atoms with Crippen molar-refractivity contribution < 1.29 is 4.79 Å². The third-order valence-electron chi connectivity index (χ3n) is 4.00. The summed E-state index contributed by atoms with van der Waals surface area (Å²) in [5, 5.41) is 0. The van der Waals surface area contributed by atoms with E-state index in [4.69, 9.17) is 0 Å². The maximum Gasteiger partial charge on any atom is 0.139 e. The van der Waals surface area contributed by atoms with Gasteiger partial charge in [-0.25, -0.2) is 0 Å². The number of carbonyl (C=O) groups excluding carboxylic acids is 1. The van der Waals surface area contributed by atoms with E-state index >= 15 is 0 Å². The van der Waals surface area contributed by atoms with Crippen molar-refractivity contribution in [1.82, 2.24) is 0 Å². The summed E-state index contributed by atoms with van der Waals surface area (Å²) in [6.45, 7) is 4.29. The molecule has 2 rings (SSSR count). The first-order valence-corrected chi connectivity index (χ1v) is 5.15. The van der Waals surface area contributed by atoms with Gasteiger partial charge in [-0.15, -0.1) is 0 Å². The Morgan fingerprint density at radius 2 is 1.92 bits per heavy atom. The van der Waals surface area contributed by atoms with Gasteiger partial charge in [0.05, 0.1) is 0 Å². The fraction of sp³-hybridized carbons (Fsp3) is 0.909. The molecule has 0 aliphatic heterocycles. The largest absolute Gasteiger partial charge is 0.299 e. The molecule has 1 nitrogen and oxygen atoms in total. The molecule has 1 heteroatoms. The number of fused-ring (bicyclic) bond motifs is 1. The highest BCUT2D eigenvalue weighted by Gasteiger charge is 2.48. The van der Waals surface area contributed by atoms with Gasteiger partial charge >= 0.3 is 0 Å². The van der Waals surface area contributed by atoms with Crippen LogP contribution in [0.4, 0.5) is 0 Å². The first kappa shape index (κ1) is 8.28. The lowest BCUT2D eigenvalue weighted by Gasteiger charge is -2.32. The van der Waals surface area contributed by atoms with Crippen molar-refractivity contribution in [2.75, 3.05) is 0 Å². The molecule has 2 atom stereocenters. The number of hydrogen-bond donors (Lipinski definition) is 0. The van der Waals surface area contributed by atoms with Crippen LogP contribution in [-0.2, 0) is 4.79 Å². The van der Waals surface area contributed by atoms with E-state index in [9.17, 15) is 4.79 Å². The predicted octanol–water partition coefficient (Wildman–Crippen LogP) is 2.79. The summed E-state index contributed by atoms with van der Waals surface area (Å²) in [6, 6.07) is 0. The SMILES string of the molecule is CC1(C)C(=O)CC2CCCCC21. The topological polar surface area (TPSA) is 17.1 Å². The van der Waals surface area contributed by atoms with Crippen molar-refractivity contribution in [3.8, 4) is 0 Å². The molecule has 0 spiro atoms. The normalized spacial score (nSPS) is 39.7. The van der Waals surface area contributed by atoms with Crippen LogP contribution in [0, 0.1) is 17.3 Å². The summed E-state index contributed by atoms with van der Waals surface area (Å²) in [5.41, 5.74) is 0.00505. The van der Waals surface area contributed by atoms with Gasteiger partial charge in [0, 0.05) is 11.8 Å². The monoisotopic (exact) mass is 166 g/mol. The van der Waals surface area contributed by atoms with Gasteiger partial charge in [0.15, 0.2) is 0 Å². The van der Waals surface area contributed by atoms with Crippen LogP contribution in [0.25, 0.3) is 0 Å². The van der Waals surface area contributed by atoms with Crippen LogP contribution in [0.15, 0.2) is 0 Å². The zero-order chi connectivity index (χ0) is 8.77. The Bertz CT molecular complexity index is 205. The second-order valence-corrected chi connectivity index (χ2v) is 5.00. The lowest BCUT2D eigenvalue weighted by Crippen LogP contribution is -2.28. The Labute approximate surface area is 74.5 Å². The molecular formula is C11H18O. The average Bonchev–Trinajstić information content (AvgIpc) is 2.25. The molecule has 0 saturated heterocycles. The molecule has 2 unspecified atom stereocenters. The zero-order valence-corrected chi connectivity index (χ0v) is 8.10. The van der Waals surface area contributed by atoms with Crippen molar-refractivity contribution >= 4 is 5.78 Å². The van der Waals surface area contributed by atoms with E-state index in [0.717, 1.165) is 12.3 Å². The fourth-order valence-electron chi connectivity index (χ4n) is 3.11. The summed E-state index contributed by atoms with van der Waals surface area (Å²) in [4.78, 5) is 11.7. The van der Waals surface area contributed by atoms with E-state index in [0.29, 0.717) is 11.7 Å². The van der Waals surface area contributed by atoms with E-state index in [1.54, 1.807) is 0 Å². The van der Waals surface area contributed by atoms with Crippen molar-refractivity contribution in [1.29, 1.82) is 0 Å². The molecule has 2 aliphatic rings. The maximum absolute atomic E-state index is 11.7. The van der Waals surface area contributed by atoms with Gasteiger partial charge in [0.25, 0.3) is 0 Å². The van der Waals surface area contributed by atoms with Gasteiger partial charge in [-0.1, -0.05) is 26.7 Å². The maximum atomic E-state index is 11.7. The van der Waals surface area contributed by atoms with Crippen molar-refractivity contribution in [3.63, 3.8) is 0 Å². The lowest BCUT2D eigenvalue weighted by atomic mass is 9.71. The van der Waals surface area contributed by atoms with Gasteiger partial charge in [0.1, 0.15) is 5.78 Å². The van der Waals surface area contributed by atoms with Crippen molar-refractivity contribution in [2.45, 2.75) is 46.0 Å². The summed E-state index contributed by atoms with van der Waals surface area (Å²) < 4.78 is 0. The highest BCUT2D eigenvalue weighted by atomic mass is 16.1. The minimum Gasteiger partial charge on any atom is -0.299 e. The molecule has 0 aromatic heterocycles. The van der Waals surface area contributed by atoms with E-state index in [1.807, 2.05) is 0 Å². The van der Waals surface area contributed by atoms with Gasteiger partial charge < -0.3 is 0 Å². The number of rotatable bonds is 0. The number of carbonyl (C=O) groups is 1. The Kier molecular flexibility index (Phi) is 1.78. The third-order valence-corrected chi connectivity index (χ3v) is 4.00. The predicted molar refractivity (Wildman–Crippen MR) is 48.9 cm³/mol. The minimum atomic E-state index is 0.00505. The van der Waals surface area contributed by atoms with Gasteiger partial charge in [-0.3, -0.25) is 4.79 Å². The van der Waals surface area contributed by atoms with Crippen LogP contribution in [0.3, 0.4) is 0 Å². The quantitative estimate of drug-likeness (QED) is 0.541. The molecule has 0 amide bonds. The van der Waals surface area contributed by atoms with E-state index in [1.165, 1.54) is 25.7 Å². The number of Topliss-reactive ketones (excluding diaryl/α,β-unsaturated/α-hetero) is 1. The summed E-state index contributed by atoms with van der Waals surface area (Å²) in [5.74, 6) is 1.96.